The number of aromatic nitrogens is 3. The number of carbonyl (C=O) groups is 1. The summed E-state index contributed by atoms with van der Waals surface area (Å²) in [7, 11) is 5.01. The second-order valence-corrected chi connectivity index (χ2v) is 6.95. The Kier molecular flexibility index (Phi) is 5.81. The Morgan fingerprint density at radius 3 is 2.48 bits per heavy atom. The lowest BCUT2D eigenvalue weighted by Crippen LogP contribution is -2.06. The molecule has 6 nitrogen and oxygen atoms in total. The summed E-state index contributed by atoms with van der Waals surface area (Å²) in [6.45, 7) is 2.04. The van der Waals surface area contributed by atoms with Gasteiger partial charge in [-0.3, -0.25) is 4.79 Å². The summed E-state index contributed by atoms with van der Waals surface area (Å²) in [5.41, 5.74) is 2.70. The molecule has 1 aromatic heterocycles. The van der Waals surface area contributed by atoms with Gasteiger partial charge in [0.2, 0.25) is 0 Å². The predicted octanol–water partition coefficient (Wildman–Crippen LogP) is 3.78. The summed E-state index contributed by atoms with van der Waals surface area (Å²) in [5, 5.41) is 9.17. The average molecular weight is 383 g/mol. The molecule has 7 heteroatoms. The number of hydrogen-bond donors (Lipinski definition) is 0. The highest BCUT2D eigenvalue weighted by molar-refractivity contribution is 7.99. The van der Waals surface area contributed by atoms with E-state index >= 15 is 0 Å². The summed E-state index contributed by atoms with van der Waals surface area (Å²) < 4.78 is 12.4. The van der Waals surface area contributed by atoms with Gasteiger partial charge in [-0.2, -0.15) is 0 Å². The lowest BCUT2D eigenvalue weighted by Gasteiger charge is -2.09. The molecule has 0 fully saturated rings. The number of hydrogen-bond acceptors (Lipinski definition) is 6. The van der Waals surface area contributed by atoms with E-state index in [9.17, 15) is 4.79 Å². The van der Waals surface area contributed by atoms with Crippen molar-refractivity contribution in [2.75, 3.05) is 20.0 Å². The molecule has 0 N–H and O–H groups in total. The standard InChI is InChI=1S/C20H21N3O3S/c1-13-5-7-14(8-6-13)19-21-22-20(23(19)2)27-12-17(24)16-10-9-15(25-3)11-18(16)26-4/h5-11H,12H2,1-4H3. The fourth-order valence-electron chi connectivity index (χ4n) is 2.63. The molecular formula is C20H21N3O3S. The highest BCUT2D eigenvalue weighted by Crippen LogP contribution is 2.28. The van der Waals surface area contributed by atoms with Gasteiger partial charge in [-0.15, -0.1) is 10.2 Å². The maximum absolute atomic E-state index is 12.6. The fourth-order valence-corrected chi connectivity index (χ4v) is 3.43. The number of Topliss-reactive ketones (excluding diaryl/α,β-unsaturated/α-hetero) is 1. The number of methoxy groups -OCH3 is 2. The Hall–Kier alpha value is -2.80. The van der Waals surface area contributed by atoms with Gasteiger partial charge in [0, 0.05) is 18.7 Å². The number of benzene rings is 2. The molecule has 0 aliphatic heterocycles. The van der Waals surface area contributed by atoms with Gasteiger partial charge in [-0.1, -0.05) is 41.6 Å². The van der Waals surface area contributed by atoms with E-state index < -0.39 is 0 Å². The van der Waals surface area contributed by atoms with Crippen molar-refractivity contribution in [3.63, 3.8) is 0 Å². The first-order chi connectivity index (χ1) is 13.0. The number of ketones is 1. The molecule has 1 heterocycles. The van der Waals surface area contributed by atoms with E-state index in [0.29, 0.717) is 22.2 Å². The normalized spacial score (nSPS) is 10.7. The molecule has 27 heavy (non-hydrogen) atoms. The number of ether oxygens (including phenoxy) is 2. The lowest BCUT2D eigenvalue weighted by atomic mass is 10.1. The van der Waals surface area contributed by atoms with Gasteiger partial charge in [0.05, 0.1) is 25.5 Å². The summed E-state index contributed by atoms with van der Waals surface area (Å²) in [6, 6.07) is 13.3. The minimum Gasteiger partial charge on any atom is -0.497 e. The van der Waals surface area contributed by atoms with Crippen molar-refractivity contribution in [2.24, 2.45) is 7.05 Å². The summed E-state index contributed by atoms with van der Waals surface area (Å²) in [5.74, 6) is 2.11. The maximum atomic E-state index is 12.6. The van der Waals surface area contributed by atoms with Crippen LogP contribution in [0.15, 0.2) is 47.6 Å². The van der Waals surface area contributed by atoms with E-state index in [0.717, 1.165) is 11.4 Å². The smallest absolute Gasteiger partial charge is 0.191 e. The Balaban J connectivity index is 1.74. The Morgan fingerprint density at radius 2 is 1.81 bits per heavy atom. The predicted molar refractivity (Wildman–Crippen MR) is 106 cm³/mol. The second-order valence-electron chi connectivity index (χ2n) is 6.01. The minimum absolute atomic E-state index is 0.0422. The Bertz CT molecular complexity index is 952. The molecule has 140 valence electrons. The number of carbonyl (C=O) groups excluding carboxylic acids is 1. The summed E-state index contributed by atoms with van der Waals surface area (Å²) in [4.78, 5) is 12.6. The maximum Gasteiger partial charge on any atom is 0.191 e. The molecule has 0 bridgehead atoms. The first kappa shape index (κ1) is 19.0. The topological polar surface area (TPSA) is 66.2 Å². The van der Waals surface area contributed by atoms with Crippen molar-refractivity contribution in [2.45, 2.75) is 12.1 Å². The van der Waals surface area contributed by atoms with Gasteiger partial charge >= 0.3 is 0 Å². The number of thioether (sulfide) groups is 1. The second kappa shape index (κ2) is 8.26. The minimum atomic E-state index is -0.0422. The lowest BCUT2D eigenvalue weighted by molar-refractivity contribution is 0.101. The number of aryl methyl sites for hydroxylation is 1. The zero-order valence-electron chi connectivity index (χ0n) is 15.7. The van der Waals surface area contributed by atoms with Gasteiger partial charge < -0.3 is 14.0 Å². The molecule has 2 aromatic carbocycles. The van der Waals surface area contributed by atoms with Crippen LogP contribution in [0, 0.1) is 6.92 Å². The summed E-state index contributed by atoms with van der Waals surface area (Å²) >= 11 is 1.35. The third-order valence-corrected chi connectivity index (χ3v) is 5.21. The first-order valence-corrected chi connectivity index (χ1v) is 9.36. The van der Waals surface area contributed by atoms with Gasteiger partial charge in [-0.05, 0) is 19.1 Å². The fraction of sp³-hybridized carbons (Fsp3) is 0.250. The van der Waals surface area contributed by atoms with Crippen LogP contribution in [0.2, 0.25) is 0 Å². The van der Waals surface area contributed by atoms with Gasteiger partial charge in [0.15, 0.2) is 16.8 Å². The Morgan fingerprint density at radius 1 is 1.07 bits per heavy atom. The average Bonchev–Trinajstić information content (AvgIpc) is 3.06. The van der Waals surface area contributed by atoms with Crippen molar-refractivity contribution in [1.29, 1.82) is 0 Å². The van der Waals surface area contributed by atoms with E-state index in [4.69, 9.17) is 9.47 Å². The zero-order chi connectivity index (χ0) is 19.4. The van der Waals surface area contributed by atoms with E-state index in [2.05, 4.69) is 10.2 Å². The summed E-state index contributed by atoms with van der Waals surface area (Å²) in [6.07, 6.45) is 0. The van der Waals surface area contributed by atoms with Crippen molar-refractivity contribution in [3.05, 3.63) is 53.6 Å². The molecule has 0 unspecified atom stereocenters. The molecule has 0 radical (unpaired) electrons. The van der Waals surface area contributed by atoms with Crippen LogP contribution in [-0.2, 0) is 7.05 Å². The van der Waals surface area contributed by atoms with E-state index in [-0.39, 0.29) is 11.5 Å². The van der Waals surface area contributed by atoms with Crippen LogP contribution in [0.4, 0.5) is 0 Å². The van der Waals surface area contributed by atoms with Crippen molar-refractivity contribution in [3.8, 4) is 22.9 Å². The molecule has 0 spiro atoms. The quantitative estimate of drug-likeness (QED) is 0.457. The van der Waals surface area contributed by atoms with Crippen molar-refractivity contribution in [1.82, 2.24) is 14.8 Å². The highest BCUT2D eigenvalue weighted by atomic mass is 32.2. The molecule has 0 saturated heterocycles. The molecule has 0 amide bonds. The van der Waals surface area contributed by atoms with Crippen LogP contribution in [-0.4, -0.2) is 40.5 Å². The number of rotatable bonds is 7. The van der Waals surface area contributed by atoms with Gasteiger partial charge in [0.1, 0.15) is 11.5 Å². The van der Waals surface area contributed by atoms with E-state index in [1.165, 1.54) is 24.4 Å². The first-order valence-electron chi connectivity index (χ1n) is 8.38. The molecule has 0 saturated carbocycles. The molecular weight excluding hydrogens is 362 g/mol. The van der Waals surface area contributed by atoms with Crippen molar-refractivity contribution < 1.29 is 14.3 Å². The molecule has 3 rings (SSSR count). The monoisotopic (exact) mass is 383 g/mol. The van der Waals surface area contributed by atoms with E-state index in [1.807, 2.05) is 42.8 Å². The Labute approximate surface area is 162 Å². The molecule has 0 aliphatic carbocycles. The van der Waals surface area contributed by atoms with Crippen LogP contribution in [0.3, 0.4) is 0 Å². The van der Waals surface area contributed by atoms with Gasteiger partial charge in [0.25, 0.3) is 0 Å². The molecule has 3 aromatic rings. The van der Waals surface area contributed by atoms with Crippen LogP contribution >= 0.6 is 11.8 Å². The molecule has 0 aliphatic rings. The zero-order valence-corrected chi connectivity index (χ0v) is 16.5. The van der Waals surface area contributed by atoms with Gasteiger partial charge in [-0.25, -0.2) is 0 Å². The van der Waals surface area contributed by atoms with Crippen LogP contribution in [0.5, 0.6) is 11.5 Å². The van der Waals surface area contributed by atoms with Crippen molar-refractivity contribution >= 4 is 17.5 Å². The van der Waals surface area contributed by atoms with Crippen LogP contribution < -0.4 is 9.47 Å². The molecule has 0 atom stereocenters. The highest BCUT2D eigenvalue weighted by Gasteiger charge is 2.17. The largest absolute Gasteiger partial charge is 0.497 e. The number of nitrogens with zero attached hydrogens (tertiary/aromatic N) is 3. The van der Waals surface area contributed by atoms with Crippen LogP contribution in [0.25, 0.3) is 11.4 Å². The van der Waals surface area contributed by atoms with E-state index in [1.54, 1.807) is 25.3 Å². The third kappa shape index (κ3) is 4.14. The third-order valence-electron chi connectivity index (χ3n) is 4.19. The SMILES string of the molecule is COc1ccc(C(=O)CSc2nnc(-c3ccc(C)cc3)n2C)c(OC)c1. The van der Waals surface area contributed by atoms with Crippen LogP contribution in [0.1, 0.15) is 15.9 Å².